The van der Waals surface area contributed by atoms with E-state index in [4.69, 9.17) is 23.7 Å². The highest BCUT2D eigenvalue weighted by molar-refractivity contribution is 6.76. The first kappa shape index (κ1) is 47.6. The molecule has 0 unspecified atom stereocenters. The second-order valence-corrected chi connectivity index (χ2v) is 23.3. The maximum absolute atomic E-state index is 13.8. The molecule has 0 aromatic heterocycles. The molecule has 5 rings (SSSR count). The Kier molecular flexibility index (Phi) is 17.1. The van der Waals surface area contributed by atoms with Crippen LogP contribution in [0.4, 0.5) is 9.59 Å². The quantitative estimate of drug-likeness (QED) is 0.0472. The van der Waals surface area contributed by atoms with E-state index in [0.29, 0.717) is 11.3 Å². The van der Waals surface area contributed by atoms with Crippen LogP contribution in [0, 0.1) is 6.92 Å². The summed E-state index contributed by atoms with van der Waals surface area (Å²) in [5.74, 6) is -0.656. The molecule has 0 bridgehead atoms. The lowest BCUT2D eigenvalue weighted by Crippen LogP contribution is -2.45. The van der Waals surface area contributed by atoms with Gasteiger partial charge >= 0.3 is 24.1 Å². The zero-order valence-corrected chi connectivity index (χ0v) is 38.4. The molecule has 0 aliphatic rings. The van der Waals surface area contributed by atoms with Crippen molar-refractivity contribution in [2.75, 3.05) is 6.61 Å². The summed E-state index contributed by atoms with van der Waals surface area (Å²) >= 11 is 0. The highest BCUT2D eigenvalue weighted by Gasteiger charge is 2.29. The Bertz CT molecular complexity index is 2270. The maximum Gasteiger partial charge on any atom is 0.408 e. The summed E-state index contributed by atoms with van der Waals surface area (Å²) in [6.45, 7) is 14.4. The van der Waals surface area contributed by atoms with Crippen LogP contribution in [0.3, 0.4) is 0 Å². The summed E-state index contributed by atoms with van der Waals surface area (Å²) in [5.41, 5.74) is 5.73. The lowest BCUT2D eigenvalue weighted by Gasteiger charge is -2.23. The van der Waals surface area contributed by atoms with Crippen LogP contribution < -0.4 is 15.4 Å². The number of esters is 2. The number of hydrogen-bond donors (Lipinski definition) is 2. The average molecular weight is 873 g/mol. The molecule has 2 atom stereocenters. The number of carbonyl (C=O) groups excluding carboxylic acids is 4. The Balaban J connectivity index is 1.45. The minimum Gasteiger partial charge on any atom is -0.489 e. The Labute approximate surface area is 372 Å². The summed E-state index contributed by atoms with van der Waals surface area (Å²) in [4.78, 5) is 53.7. The van der Waals surface area contributed by atoms with E-state index in [1.54, 1.807) is 20.8 Å². The van der Waals surface area contributed by atoms with E-state index in [1.165, 1.54) is 0 Å². The summed E-state index contributed by atoms with van der Waals surface area (Å²) in [6.07, 6.45) is -1.33. The number of alkyl carbamates (subject to hydrolysis) is 2. The highest BCUT2D eigenvalue weighted by atomic mass is 28.3. The fourth-order valence-corrected chi connectivity index (χ4v) is 7.15. The van der Waals surface area contributed by atoms with E-state index < -0.39 is 49.9 Å². The Morgan fingerprint density at radius 2 is 1.05 bits per heavy atom. The number of rotatable bonds is 19. The lowest BCUT2D eigenvalue weighted by atomic mass is 9.93. The molecule has 2 amide bonds. The minimum absolute atomic E-state index is 0.0274. The summed E-state index contributed by atoms with van der Waals surface area (Å²) in [7, 11) is -1.54. The molecule has 0 aliphatic carbocycles. The molecule has 0 fully saturated rings. The van der Waals surface area contributed by atoms with Crippen molar-refractivity contribution >= 4 is 32.2 Å². The second kappa shape index (κ2) is 22.6. The number of ether oxygens (including phenoxy) is 5. The summed E-state index contributed by atoms with van der Waals surface area (Å²) < 4.78 is 28.9. The standard InChI is InChI=1S/C51H60N2O9Si/c1-36-23-24-40(29-42(36)31-44(53-50(57)62-51(2,3)4)48(55)60-34-38-19-13-9-14-20-38)41-25-26-46(59-33-37-17-11-8-12-18-37)43(30-41)32-45(47(54)58-27-28-63(5,6)7)52-49(56)61-35-39-21-15-10-16-22-39/h8-26,29-30,44-45H,27-28,31-35H2,1-7H3,(H,52,56)(H,53,57)/t44-,45-/m0/s1. The van der Waals surface area contributed by atoms with Crippen LogP contribution in [-0.2, 0) is 61.2 Å². The first-order valence-corrected chi connectivity index (χ1v) is 25.0. The third-order valence-electron chi connectivity index (χ3n) is 9.91. The molecule has 0 saturated carbocycles. The van der Waals surface area contributed by atoms with Crippen LogP contribution in [-0.4, -0.2) is 56.5 Å². The van der Waals surface area contributed by atoms with Crippen LogP contribution in [0.5, 0.6) is 5.75 Å². The first-order valence-electron chi connectivity index (χ1n) is 21.2. The van der Waals surface area contributed by atoms with Crippen molar-refractivity contribution in [2.24, 2.45) is 0 Å². The van der Waals surface area contributed by atoms with Gasteiger partial charge in [-0.3, -0.25) is 0 Å². The fraction of sp³-hybridized carbons (Fsp3) is 0.333. The number of carbonyl (C=O) groups is 4. The van der Waals surface area contributed by atoms with Crippen molar-refractivity contribution in [1.29, 1.82) is 0 Å². The molecule has 0 radical (unpaired) electrons. The van der Waals surface area contributed by atoms with Crippen molar-refractivity contribution in [1.82, 2.24) is 10.6 Å². The second-order valence-electron chi connectivity index (χ2n) is 17.7. The number of hydrogen-bond acceptors (Lipinski definition) is 9. The largest absolute Gasteiger partial charge is 0.489 e. The van der Waals surface area contributed by atoms with Gasteiger partial charge < -0.3 is 34.3 Å². The first-order chi connectivity index (χ1) is 30.0. The number of amides is 2. The topological polar surface area (TPSA) is 138 Å². The predicted octanol–water partition coefficient (Wildman–Crippen LogP) is 10.1. The van der Waals surface area contributed by atoms with Crippen LogP contribution >= 0.6 is 0 Å². The maximum atomic E-state index is 13.8. The molecule has 12 heteroatoms. The third-order valence-corrected chi connectivity index (χ3v) is 11.6. The Morgan fingerprint density at radius 1 is 0.571 bits per heavy atom. The van der Waals surface area contributed by atoms with Crippen molar-refractivity contribution < 1.29 is 42.9 Å². The van der Waals surface area contributed by atoms with Gasteiger partial charge in [0.15, 0.2) is 0 Å². The van der Waals surface area contributed by atoms with Crippen molar-refractivity contribution in [3.05, 3.63) is 161 Å². The van der Waals surface area contributed by atoms with E-state index in [0.717, 1.165) is 45.0 Å². The van der Waals surface area contributed by atoms with Crippen LogP contribution in [0.25, 0.3) is 11.1 Å². The van der Waals surface area contributed by atoms with Gasteiger partial charge in [-0.15, -0.1) is 0 Å². The van der Waals surface area contributed by atoms with Gasteiger partial charge in [0.1, 0.15) is 43.3 Å². The molecule has 0 spiro atoms. The van der Waals surface area contributed by atoms with Gasteiger partial charge in [-0.2, -0.15) is 0 Å². The van der Waals surface area contributed by atoms with Gasteiger partial charge in [-0.1, -0.05) is 135 Å². The molecule has 63 heavy (non-hydrogen) atoms. The molecule has 2 N–H and O–H groups in total. The molecular formula is C51H60N2O9Si. The van der Waals surface area contributed by atoms with E-state index in [9.17, 15) is 19.2 Å². The zero-order chi connectivity index (χ0) is 45.4. The molecule has 11 nitrogen and oxygen atoms in total. The number of aryl methyl sites for hydroxylation is 1. The van der Waals surface area contributed by atoms with Crippen LogP contribution in [0.2, 0.25) is 25.7 Å². The van der Waals surface area contributed by atoms with Gasteiger partial charge in [0.2, 0.25) is 0 Å². The van der Waals surface area contributed by atoms with Crippen LogP contribution in [0.15, 0.2) is 127 Å². The Hall–Kier alpha value is -6.40. The van der Waals surface area contributed by atoms with Gasteiger partial charge in [-0.25, -0.2) is 19.2 Å². The average Bonchev–Trinajstić information content (AvgIpc) is 3.24. The molecule has 0 saturated heterocycles. The van der Waals surface area contributed by atoms with Gasteiger partial charge in [0, 0.05) is 20.9 Å². The van der Waals surface area contributed by atoms with Crippen LogP contribution in [0.1, 0.15) is 54.2 Å². The molecule has 0 heterocycles. The summed E-state index contributed by atoms with van der Waals surface area (Å²) in [5, 5.41) is 5.51. The highest BCUT2D eigenvalue weighted by Crippen LogP contribution is 2.31. The molecule has 0 aliphatic heterocycles. The Morgan fingerprint density at radius 3 is 1.60 bits per heavy atom. The van der Waals surface area contributed by atoms with E-state index in [1.807, 2.05) is 134 Å². The van der Waals surface area contributed by atoms with Gasteiger partial charge in [0.05, 0.1) is 6.61 Å². The molecule has 5 aromatic carbocycles. The van der Waals surface area contributed by atoms with Crippen molar-refractivity contribution in [3.8, 4) is 16.9 Å². The SMILES string of the molecule is Cc1ccc(-c2ccc(OCc3ccccc3)c(C[C@H](NC(=O)OCc3ccccc3)C(=O)OCC[Si](C)(C)C)c2)cc1C[C@H](NC(=O)OC(C)(C)C)C(=O)OCc1ccccc1. The monoisotopic (exact) mass is 872 g/mol. The van der Waals surface area contributed by atoms with Gasteiger partial charge in [0.25, 0.3) is 0 Å². The third kappa shape index (κ3) is 16.4. The van der Waals surface area contributed by atoms with E-state index in [2.05, 4.69) is 30.3 Å². The number of benzene rings is 5. The zero-order valence-electron chi connectivity index (χ0n) is 37.4. The normalized spacial score (nSPS) is 12.3. The fourth-order valence-electron chi connectivity index (χ4n) is 6.44. The minimum atomic E-state index is -1.54. The van der Waals surface area contributed by atoms with Crippen molar-refractivity contribution in [2.45, 2.75) is 104 Å². The predicted molar refractivity (Wildman–Crippen MR) is 247 cm³/mol. The smallest absolute Gasteiger partial charge is 0.408 e. The number of nitrogens with one attached hydrogen (secondary N) is 2. The lowest BCUT2D eigenvalue weighted by molar-refractivity contribution is -0.147. The molecule has 332 valence electrons. The molecular weight excluding hydrogens is 813 g/mol. The summed E-state index contributed by atoms with van der Waals surface area (Å²) in [6, 6.07) is 38.6. The van der Waals surface area contributed by atoms with E-state index >= 15 is 0 Å². The van der Waals surface area contributed by atoms with Gasteiger partial charge in [-0.05, 0) is 90.4 Å². The van der Waals surface area contributed by atoms with E-state index in [-0.39, 0.29) is 39.3 Å². The van der Waals surface area contributed by atoms with Crippen molar-refractivity contribution in [3.63, 3.8) is 0 Å². The molecule has 5 aromatic rings.